The van der Waals surface area contributed by atoms with Crippen LogP contribution in [0.15, 0.2) is 24.3 Å². The van der Waals surface area contributed by atoms with E-state index in [0.29, 0.717) is 5.56 Å². The van der Waals surface area contributed by atoms with Gasteiger partial charge in [-0.25, -0.2) is 0 Å². The number of carboxylic acids is 1. The number of carboxylic acid groups (broad SMARTS) is 1. The number of nitrogens with zero attached hydrogens (tertiary/aromatic N) is 1. The van der Waals surface area contributed by atoms with Gasteiger partial charge in [0, 0.05) is 18.7 Å². The van der Waals surface area contributed by atoms with Gasteiger partial charge in [0.1, 0.15) is 11.3 Å². The number of aliphatic carboxylic acids is 1. The number of carbonyl (C=O) groups is 3. The number of phenolic OH excluding ortho intramolecular Hbond substituents is 1. The molecule has 0 unspecified atom stereocenters. The molecule has 3 N–H and O–H groups in total. The quantitative estimate of drug-likeness (QED) is 0.706. The minimum Gasteiger partial charge on any atom is -0.508 e. The van der Waals surface area contributed by atoms with Gasteiger partial charge in [-0.1, -0.05) is 32.0 Å². The number of amides is 2. The summed E-state index contributed by atoms with van der Waals surface area (Å²) in [5.41, 5.74) is -1.11. The first-order chi connectivity index (χ1) is 11.7. The van der Waals surface area contributed by atoms with E-state index >= 15 is 0 Å². The summed E-state index contributed by atoms with van der Waals surface area (Å²) in [5.74, 6) is -3.91. The summed E-state index contributed by atoms with van der Waals surface area (Å²) in [6.07, 6.45) is 0.209. The van der Waals surface area contributed by atoms with E-state index in [1.165, 1.54) is 13.1 Å². The molecule has 2 aliphatic rings. The van der Waals surface area contributed by atoms with Crippen molar-refractivity contribution in [3.05, 3.63) is 29.8 Å². The number of hydrogen-bond donors (Lipinski definition) is 3. The molecule has 25 heavy (non-hydrogen) atoms. The Morgan fingerprint density at radius 1 is 1.28 bits per heavy atom. The number of carbonyl (C=O) groups excluding carboxylic acids is 2. The van der Waals surface area contributed by atoms with Crippen molar-refractivity contribution in [2.24, 2.45) is 17.8 Å². The molecule has 0 radical (unpaired) electrons. The molecule has 3 rings (SSSR count). The molecule has 4 atom stereocenters. The van der Waals surface area contributed by atoms with Crippen LogP contribution in [0.5, 0.6) is 5.75 Å². The van der Waals surface area contributed by atoms with Crippen LogP contribution in [-0.4, -0.2) is 45.5 Å². The Hall–Kier alpha value is -2.41. The predicted molar refractivity (Wildman–Crippen MR) is 88.6 cm³/mol. The number of rotatable bonds is 4. The van der Waals surface area contributed by atoms with Crippen LogP contribution in [0.2, 0.25) is 0 Å². The zero-order valence-electron chi connectivity index (χ0n) is 14.4. The number of fused-ring (bicyclic) bond motifs is 1. The molecule has 2 amide bonds. The maximum atomic E-state index is 12.7. The van der Waals surface area contributed by atoms with E-state index in [0.717, 1.165) is 4.90 Å². The molecule has 0 aromatic heterocycles. The zero-order valence-corrected chi connectivity index (χ0v) is 14.4. The fraction of sp³-hybridized carbons (Fsp3) is 0.500. The Balaban J connectivity index is 2.17. The van der Waals surface area contributed by atoms with Crippen LogP contribution < -0.4 is 5.32 Å². The highest BCUT2D eigenvalue weighted by Gasteiger charge is 2.68. The first kappa shape index (κ1) is 17.4. The van der Waals surface area contributed by atoms with Crippen LogP contribution in [0.25, 0.3) is 0 Å². The van der Waals surface area contributed by atoms with Crippen LogP contribution in [0.4, 0.5) is 0 Å². The molecule has 0 aliphatic carbocycles. The summed E-state index contributed by atoms with van der Waals surface area (Å²) in [7, 11) is 1.38. The third kappa shape index (κ3) is 2.41. The normalized spacial score (nSPS) is 31.7. The van der Waals surface area contributed by atoms with Crippen molar-refractivity contribution in [1.29, 1.82) is 0 Å². The van der Waals surface area contributed by atoms with Crippen LogP contribution in [-0.2, 0) is 14.4 Å². The highest BCUT2D eigenvalue weighted by atomic mass is 16.4. The summed E-state index contributed by atoms with van der Waals surface area (Å²) in [6, 6.07) is 5.76. The molecular formula is C18H22N2O5. The molecule has 2 heterocycles. The van der Waals surface area contributed by atoms with Gasteiger partial charge < -0.3 is 10.2 Å². The Bertz CT molecular complexity index is 747. The molecule has 7 nitrogen and oxygen atoms in total. The number of imide groups is 1. The number of likely N-dealkylation sites (tertiary alicyclic amines) is 1. The van der Waals surface area contributed by atoms with E-state index < -0.39 is 41.2 Å². The van der Waals surface area contributed by atoms with Gasteiger partial charge in [0.05, 0.1) is 11.8 Å². The topological polar surface area (TPSA) is 107 Å². The van der Waals surface area contributed by atoms with E-state index in [1.54, 1.807) is 18.2 Å². The van der Waals surface area contributed by atoms with Gasteiger partial charge in [0.2, 0.25) is 11.8 Å². The van der Waals surface area contributed by atoms with E-state index in [1.807, 2.05) is 13.8 Å². The van der Waals surface area contributed by atoms with Crippen molar-refractivity contribution in [3.8, 4) is 5.75 Å². The van der Waals surface area contributed by atoms with Crippen molar-refractivity contribution >= 4 is 17.8 Å². The van der Waals surface area contributed by atoms with Crippen LogP contribution in [0.3, 0.4) is 0 Å². The molecule has 0 bridgehead atoms. The summed E-state index contributed by atoms with van der Waals surface area (Å²) in [6.45, 7) is 3.75. The minimum absolute atomic E-state index is 0.00109. The fourth-order valence-electron chi connectivity index (χ4n) is 4.28. The van der Waals surface area contributed by atoms with Crippen LogP contribution in [0, 0.1) is 17.8 Å². The van der Waals surface area contributed by atoms with E-state index in [4.69, 9.17) is 0 Å². The molecule has 2 aliphatic heterocycles. The van der Waals surface area contributed by atoms with Crippen molar-refractivity contribution in [3.63, 3.8) is 0 Å². The Morgan fingerprint density at radius 3 is 2.48 bits per heavy atom. The lowest BCUT2D eigenvalue weighted by Crippen LogP contribution is -2.56. The van der Waals surface area contributed by atoms with Gasteiger partial charge in [-0.05, 0) is 18.4 Å². The molecule has 0 spiro atoms. The third-order valence-corrected chi connectivity index (χ3v) is 5.26. The summed E-state index contributed by atoms with van der Waals surface area (Å²) >= 11 is 0. The van der Waals surface area contributed by atoms with Gasteiger partial charge in [-0.15, -0.1) is 0 Å². The molecule has 134 valence electrons. The molecule has 1 aromatic rings. The number of hydrogen-bond acceptors (Lipinski definition) is 5. The number of para-hydroxylation sites is 1. The maximum Gasteiger partial charge on any atom is 0.324 e. The zero-order chi connectivity index (χ0) is 18.5. The van der Waals surface area contributed by atoms with Gasteiger partial charge in [-0.3, -0.25) is 24.6 Å². The standard InChI is InChI=1S/C18H22N2O5/c1-9(2)8-18(17(24)25)13-12(15(22)20(3)16(13)23)14(19-18)10-6-4-5-7-11(10)21/h4-7,9,12-14,19,21H,8H2,1-3H3,(H,24,25)/t12-,13+,14-,18+/m1/s1. The molecule has 2 fully saturated rings. The van der Waals surface area contributed by atoms with E-state index in [-0.39, 0.29) is 18.1 Å². The lowest BCUT2D eigenvalue weighted by Gasteiger charge is -2.32. The number of benzene rings is 1. The van der Waals surface area contributed by atoms with E-state index in [9.17, 15) is 24.6 Å². The molecule has 1 aromatic carbocycles. The first-order valence-electron chi connectivity index (χ1n) is 8.31. The second-order valence-corrected chi connectivity index (χ2v) is 7.29. The summed E-state index contributed by atoms with van der Waals surface area (Å²) in [5, 5.41) is 23.2. The third-order valence-electron chi connectivity index (χ3n) is 5.26. The van der Waals surface area contributed by atoms with Gasteiger partial charge >= 0.3 is 5.97 Å². The second kappa shape index (κ2) is 5.84. The first-order valence-corrected chi connectivity index (χ1v) is 8.31. The molecular weight excluding hydrogens is 324 g/mol. The van der Waals surface area contributed by atoms with Gasteiger partial charge in [-0.2, -0.15) is 0 Å². The van der Waals surface area contributed by atoms with Crippen molar-refractivity contribution in [2.45, 2.75) is 31.8 Å². The maximum absolute atomic E-state index is 12.7. The van der Waals surface area contributed by atoms with Crippen LogP contribution >= 0.6 is 0 Å². The monoisotopic (exact) mass is 346 g/mol. The van der Waals surface area contributed by atoms with Gasteiger partial charge in [0.15, 0.2) is 0 Å². The smallest absolute Gasteiger partial charge is 0.324 e. The van der Waals surface area contributed by atoms with Crippen LogP contribution in [0.1, 0.15) is 31.9 Å². The molecule has 2 saturated heterocycles. The molecule has 7 heteroatoms. The Morgan fingerprint density at radius 2 is 1.92 bits per heavy atom. The molecule has 0 saturated carbocycles. The van der Waals surface area contributed by atoms with Crippen molar-refractivity contribution < 1.29 is 24.6 Å². The highest BCUT2D eigenvalue weighted by molar-refractivity contribution is 6.09. The Labute approximate surface area is 145 Å². The number of nitrogens with one attached hydrogen (secondary N) is 1. The SMILES string of the molecule is CC(C)C[C@]1(C(=O)O)N[C@H](c2ccccc2O)[C@@H]2C(=O)N(C)C(=O)[C@H]21. The Kier molecular flexibility index (Phi) is 4.07. The van der Waals surface area contributed by atoms with Gasteiger partial charge in [0.25, 0.3) is 0 Å². The predicted octanol–water partition coefficient (Wildman–Crippen LogP) is 1.14. The lowest BCUT2D eigenvalue weighted by molar-refractivity contribution is -0.151. The average Bonchev–Trinajstić information content (AvgIpc) is 2.98. The second-order valence-electron chi connectivity index (χ2n) is 7.29. The average molecular weight is 346 g/mol. The van der Waals surface area contributed by atoms with Crippen molar-refractivity contribution in [1.82, 2.24) is 10.2 Å². The number of aromatic hydroxyl groups is 1. The number of phenols is 1. The highest BCUT2D eigenvalue weighted by Crippen LogP contribution is 2.51. The summed E-state index contributed by atoms with van der Waals surface area (Å²) < 4.78 is 0. The fourth-order valence-corrected chi connectivity index (χ4v) is 4.28. The minimum atomic E-state index is -1.54. The summed E-state index contributed by atoms with van der Waals surface area (Å²) in [4.78, 5) is 38.6. The van der Waals surface area contributed by atoms with Crippen molar-refractivity contribution in [2.75, 3.05) is 7.05 Å². The van der Waals surface area contributed by atoms with E-state index in [2.05, 4.69) is 5.32 Å². The largest absolute Gasteiger partial charge is 0.508 e. The lowest BCUT2D eigenvalue weighted by atomic mass is 9.75.